The van der Waals surface area contributed by atoms with Crippen LogP contribution in [0.2, 0.25) is 0 Å². The fraction of sp³-hybridized carbons (Fsp3) is 0.0714. The summed E-state index contributed by atoms with van der Waals surface area (Å²) in [6, 6.07) is 18.0. The monoisotopic (exact) mass is 334 g/mol. The smallest absolute Gasteiger partial charge is 0.0995 e. The molecule has 0 heterocycles. The van der Waals surface area contributed by atoms with E-state index in [4.69, 9.17) is 5.26 Å². The molecular weight excluding hydrogens is 323 g/mol. The highest BCUT2D eigenvalue weighted by atomic mass is 127. The number of hydrogen-bond acceptors (Lipinski definition) is 2. The lowest BCUT2D eigenvalue weighted by atomic mass is 10.1. The number of para-hydroxylation sites is 1. The Hall–Kier alpha value is -1.54. The van der Waals surface area contributed by atoms with Crippen molar-refractivity contribution < 1.29 is 0 Å². The third-order valence-corrected chi connectivity index (χ3v) is 3.42. The van der Waals surface area contributed by atoms with E-state index < -0.39 is 0 Å². The van der Waals surface area contributed by atoms with Crippen LogP contribution in [0.25, 0.3) is 0 Å². The molecule has 0 saturated carbocycles. The van der Waals surface area contributed by atoms with E-state index in [1.165, 1.54) is 3.57 Å². The number of halogens is 1. The topological polar surface area (TPSA) is 35.8 Å². The molecule has 2 aromatic carbocycles. The van der Waals surface area contributed by atoms with Crippen LogP contribution in [-0.4, -0.2) is 0 Å². The van der Waals surface area contributed by atoms with E-state index in [9.17, 15) is 0 Å². The van der Waals surface area contributed by atoms with Crippen LogP contribution in [0.4, 0.5) is 5.69 Å². The highest BCUT2D eigenvalue weighted by molar-refractivity contribution is 14.1. The predicted molar refractivity (Wildman–Crippen MR) is 77.6 cm³/mol. The van der Waals surface area contributed by atoms with E-state index in [1.54, 1.807) is 0 Å². The molecule has 0 radical (unpaired) electrons. The quantitative estimate of drug-likeness (QED) is 0.868. The summed E-state index contributed by atoms with van der Waals surface area (Å²) in [6.45, 7) is 0.670. The van der Waals surface area contributed by atoms with Crippen LogP contribution in [-0.2, 0) is 6.54 Å². The maximum Gasteiger partial charge on any atom is 0.0995 e. The van der Waals surface area contributed by atoms with E-state index in [-0.39, 0.29) is 0 Å². The third-order valence-electron chi connectivity index (χ3n) is 2.48. The minimum atomic E-state index is 0.670. The van der Waals surface area contributed by atoms with Gasteiger partial charge in [0.05, 0.1) is 11.6 Å². The molecule has 0 aliphatic rings. The van der Waals surface area contributed by atoms with Crippen molar-refractivity contribution in [1.29, 1.82) is 5.26 Å². The number of rotatable bonds is 3. The molecule has 0 amide bonds. The van der Waals surface area contributed by atoms with E-state index in [0.29, 0.717) is 6.54 Å². The summed E-state index contributed by atoms with van der Waals surface area (Å²) in [7, 11) is 0. The lowest BCUT2D eigenvalue weighted by Gasteiger charge is -2.09. The van der Waals surface area contributed by atoms with Gasteiger partial charge in [-0.15, -0.1) is 0 Å². The number of nitrogens with zero attached hydrogens (tertiary/aromatic N) is 1. The standard InChI is InChI=1S/C14H11IN2/c15-13-7-3-4-8-14(13)17-10-12-6-2-1-5-11(12)9-16/h1-8,17H,10H2. The van der Waals surface area contributed by atoms with Gasteiger partial charge in [-0.05, 0) is 46.4 Å². The minimum absolute atomic E-state index is 0.670. The highest BCUT2D eigenvalue weighted by Crippen LogP contribution is 2.18. The summed E-state index contributed by atoms with van der Waals surface area (Å²) >= 11 is 2.29. The molecule has 0 bridgehead atoms. The molecule has 0 aromatic heterocycles. The van der Waals surface area contributed by atoms with Crippen molar-refractivity contribution in [2.24, 2.45) is 0 Å². The van der Waals surface area contributed by atoms with Crippen molar-refractivity contribution in [3.63, 3.8) is 0 Å². The molecule has 0 saturated heterocycles. The van der Waals surface area contributed by atoms with Gasteiger partial charge in [0.15, 0.2) is 0 Å². The fourth-order valence-corrected chi connectivity index (χ4v) is 2.16. The number of anilines is 1. The first kappa shape index (κ1) is 11.9. The molecule has 2 aromatic rings. The van der Waals surface area contributed by atoms with Crippen LogP contribution in [0.15, 0.2) is 48.5 Å². The van der Waals surface area contributed by atoms with Gasteiger partial charge in [-0.25, -0.2) is 0 Å². The molecule has 17 heavy (non-hydrogen) atoms. The maximum absolute atomic E-state index is 8.99. The lowest BCUT2D eigenvalue weighted by molar-refractivity contribution is 1.13. The Morgan fingerprint density at radius 2 is 1.76 bits per heavy atom. The first-order valence-corrected chi connectivity index (χ1v) is 6.35. The predicted octanol–water partition coefficient (Wildman–Crippen LogP) is 3.77. The largest absolute Gasteiger partial charge is 0.380 e. The van der Waals surface area contributed by atoms with E-state index in [2.05, 4.69) is 40.0 Å². The van der Waals surface area contributed by atoms with Crippen LogP contribution in [0.5, 0.6) is 0 Å². The summed E-state index contributed by atoms with van der Waals surface area (Å²) in [4.78, 5) is 0. The van der Waals surface area contributed by atoms with Crippen LogP contribution in [0.3, 0.4) is 0 Å². The molecule has 0 aliphatic heterocycles. The van der Waals surface area contributed by atoms with Gasteiger partial charge in [-0.3, -0.25) is 0 Å². The average Bonchev–Trinajstić information content (AvgIpc) is 2.38. The summed E-state index contributed by atoms with van der Waals surface area (Å²) in [5, 5.41) is 12.3. The summed E-state index contributed by atoms with van der Waals surface area (Å²) in [5.41, 5.74) is 2.85. The molecule has 1 N–H and O–H groups in total. The van der Waals surface area contributed by atoms with E-state index >= 15 is 0 Å². The number of hydrogen-bond donors (Lipinski definition) is 1. The summed E-state index contributed by atoms with van der Waals surface area (Å²) in [5.74, 6) is 0. The molecule has 0 fully saturated rings. The van der Waals surface area contributed by atoms with E-state index in [1.807, 2.05) is 42.5 Å². The molecule has 0 unspecified atom stereocenters. The van der Waals surface area contributed by atoms with Gasteiger partial charge in [-0.2, -0.15) is 5.26 Å². The Kier molecular flexibility index (Phi) is 3.99. The van der Waals surface area contributed by atoms with Crippen molar-refractivity contribution in [3.8, 4) is 6.07 Å². The van der Waals surface area contributed by atoms with Gasteiger partial charge >= 0.3 is 0 Å². The highest BCUT2D eigenvalue weighted by Gasteiger charge is 2.01. The average molecular weight is 334 g/mol. The van der Waals surface area contributed by atoms with Crippen LogP contribution in [0.1, 0.15) is 11.1 Å². The Morgan fingerprint density at radius 3 is 2.53 bits per heavy atom. The van der Waals surface area contributed by atoms with Crippen molar-refractivity contribution in [3.05, 3.63) is 63.2 Å². The fourth-order valence-electron chi connectivity index (χ4n) is 1.58. The number of nitrogens with one attached hydrogen (secondary N) is 1. The summed E-state index contributed by atoms with van der Waals surface area (Å²) < 4.78 is 1.18. The molecule has 3 heteroatoms. The Morgan fingerprint density at radius 1 is 1.06 bits per heavy atom. The molecule has 0 aliphatic carbocycles. The van der Waals surface area contributed by atoms with Crippen molar-refractivity contribution in [2.45, 2.75) is 6.54 Å². The first-order chi connectivity index (χ1) is 8.31. The van der Waals surface area contributed by atoms with Gasteiger partial charge in [-0.1, -0.05) is 30.3 Å². The zero-order valence-electron chi connectivity index (χ0n) is 9.15. The molecule has 2 rings (SSSR count). The number of nitriles is 1. The van der Waals surface area contributed by atoms with Gasteiger partial charge in [0.2, 0.25) is 0 Å². The normalized spacial score (nSPS) is 9.65. The first-order valence-electron chi connectivity index (χ1n) is 5.27. The molecule has 0 atom stereocenters. The number of benzene rings is 2. The van der Waals surface area contributed by atoms with Crippen molar-refractivity contribution in [2.75, 3.05) is 5.32 Å². The SMILES string of the molecule is N#Cc1ccccc1CNc1ccccc1I. The van der Waals surface area contributed by atoms with Gasteiger partial charge in [0.25, 0.3) is 0 Å². The molecule has 0 spiro atoms. The van der Waals surface area contributed by atoms with Crippen molar-refractivity contribution in [1.82, 2.24) is 0 Å². The zero-order chi connectivity index (χ0) is 12.1. The Bertz CT molecular complexity index is 558. The summed E-state index contributed by atoms with van der Waals surface area (Å²) in [6.07, 6.45) is 0. The Labute approximate surface area is 114 Å². The maximum atomic E-state index is 8.99. The second-order valence-corrected chi connectivity index (χ2v) is 4.76. The molecule has 2 nitrogen and oxygen atoms in total. The molecule has 84 valence electrons. The van der Waals surface area contributed by atoms with Crippen molar-refractivity contribution >= 4 is 28.3 Å². The minimum Gasteiger partial charge on any atom is -0.380 e. The van der Waals surface area contributed by atoms with Gasteiger partial charge < -0.3 is 5.32 Å². The molecular formula is C14H11IN2. The van der Waals surface area contributed by atoms with E-state index in [0.717, 1.165) is 16.8 Å². The van der Waals surface area contributed by atoms with Crippen LogP contribution < -0.4 is 5.32 Å². The lowest BCUT2D eigenvalue weighted by Crippen LogP contribution is -2.02. The second kappa shape index (κ2) is 5.69. The third kappa shape index (κ3) is 2.98. The second-order valence-electron chi connectivity index (χ2n) is 3.60. The zero-order valence-corrected chi connectivity index (χ0v) is 11.3. The van der Waals surface area contributed by atoms with Gasteiger partial charge in [0.1, 0.15) is 0 Å². The Balaban J connectivity index is 2.13. The van der Waals surface area contributed by atoms with Crippen LogP contribution in [0, 0.1) is 14.9 Å². The van der Waals surface area contributed by atoms with Crippen LogP contribution >= 0.6 is 22.6 Å². The van der Waals surface area contributed by atoms with Gasteiger partial charge in [0, 0.05) is 15.8 Å².